The lowest BCUT2D eigenvalue weighted by molar-refractivity contribution is -0.137. The van der Waals surface area contributed by atoms with Crippen LogP contribution in [0.3, 0.4) is 0 Å². The van der Waals surface area contributed by atoms with Gasteiger partial charge in [0.2, 0.25) is 0 Å². The Balaban J connectivity index is 2.15. The molecule has 22 heavy (non-hydrogen) atoms. The first-order valence-corrected chi connectivity index (χ1v) is 6.74. The first-order chi connectivity index (χ1) is 10.3. The van der Waals surface area contributed by atoms with Gasteiger partial charge in [-0.25, -0.2) is 0 Å². The van der Waals surface area contributed by atoms with Gasteiger partial charge in [-0.2, -0.15) is 13.2 Å². The molecule has 0 aliphatic carbocycles. The van der Waals surface area contributed by atoms with E-state index in [0.717, 1.165) is 28.8 Å². The third-order valence-electron chi connectivity index (χ3n) is 3.25. The van der Waals surface area contributed by atoms with Crippen molar-refractivity contribution in [1.82, 2.24) is 0 Å². The van der Waals surface area contributed by atoms with Crippen LogP contribution in [-0.2, 0) is 6.18 Å². The predicted molar refractivity (Wildman–Crippen MR) is 80.2 cm³/mol. The van der Waals surface area contributed by atoms with Gasteiger partial charge in [0.05, 0.1) is 11.3 Å². The Morgan fingerprint density at radius 3 is 2.23 bits per heavy atom. The molecular weight excluding hydrogens is 291 g/mol. The van der Waals surface area contributed by atoms with Gasteiger partial charge in [-0.1, -0.05) is 22.9 Å². The lowest BCUT2D eigenvalue weighted by Gasteiger charge is -2.08. The van der Waals surface area contributed by atoms with Crippen molar-refractivity contribution in [3.63, 3.8) is 0 Å². The number of oxime groups is 1. The van der Waals surface area contributed by atoms with Crippen LogP contribution in [0.15, 0.2) is 47.6 Å². The second-order valence-electron chi connectivity index (χ2n) is 5.11. The van der Waals surface area contributed by atoms with E-state index in [1.54, 1.807) is 6.92 Å². The molecule has 0 fully saturated rings. The van der Waals surface area contributed by atoms with Crippen LogP contribution in [0.25, 0.3) is 0 Å². The Morgan fingerprint density at radius 1 is 1.00 bits per heavy atom. The summed E-state index contributed by atoms with van der Waals surface area (Å²) >= 11 is 0. The Kier molecular flexibility index (Phi) is 4.54. The molecule has 0 aliphatic rings. The van der Waals surface area contributed by atoms with Crippen molar-refractivity contribution < 1.29 is 18.0 Å². The van der Waals surface area contributed by atoms with E-state index in [0.29, 0.717) is 5.71 Å². The SMILES string of the molecule is C/C(=N\Oc1ccc(C(F)(F)F)cc1)c1cc(C)ccc1C. The van der Waals surface area contributed by atoms with E-state index >= 15 is 0 Å². The Bertz CT molecular complexity index is 688. The Hall–Kier alpha value is -2.30. The van der Waals surface area contributed by atoms with Gasteiger partial charge < -0.3 is 4.84 Å². The second-order valence-corrected chi connectivity index (χ2v) is 5.11. The molecule has 0 radical (unpaired) electrons. The van der Waals surface area contributed by atoms with Gasteiger partial charge in [0.1, 0.15) is 0 Å². The number of hydrogen-bond acceptors (Lipinski definition) is 2. The minimum Gasteiger partial charge on any atom is -0.357 e. The number of rotatable bonds is 3. The van der Waals surface area contributed by atoms with E-state index in [2.05, 4.69) is 5.16 Å². The third kappa shape index (κ3) is 3.87. The summed E-state index contributed by atoms with van der Waals surface area (Å²) in [5, 5.41) is 3.99. The van der Waals surface area contributed by atoms with Crippen molar-refractivity contribution in [2.75, 3.05) is 0 Å². The average molecular weight is 307 g/mol. The minimum atomic E-state index is -4.35. The molecule has 0 aromatic heterocycles. The summed E-state index contributed by atoms with van der Waals surface area (Å²) in [7, 11) is 0. The molecule has 116 valence electrons. The largest absolute Gasteiger partial charge is 0.416 e. The van der Waals surface area contributed by atoms with E-state index < -0.39 is 11.7 Å². The van der Waals surface area contributed by atoms with Crippen molar-refractivity contribution in [3.8, 4) is 5.75 Å². The molecular formula is C17H16F3NO. The van der Waals surface area contributed by atoms with E-state index in [-0.39, 0.29) is 5.75 Å². The maximum absolute atomic E-state index is 12.5. The van der Waals surface area contributed by atoms with Gasteiger partial charge in [0.25, 0.3) is 0 Å². The lowest BCUT2D eigenvalue weighted by Crippen LogP contribution is -2.04. The molecule has 0 unspecified atom stereocenters. The number of aryl methyl sites for hydroxylation is 2. The van der Waals surface area contributed by atoms with Crippen molar-refractivity contribution >= 4 is 5.71 Å². The quantitative estimate of drug-likeness (QED) is 0.569. The van der Waals surface area contributed by atoms with Crippen molar-refractivity contribution in [1.29, 1.82) is 0 Å². The van der Waals surface area contributed by atoms with E-state index in [4.69, 9.17) is 4.84 Å². The van der Waals surface area contributed by atoms with Crippen LogP contribution in [0.4, 0.5) is 13.2 Å². The van der Waals surface area contributed by atoms with Crippen LogP contribution < -0.4 is 4.84 Å². The molecule has 0 bridgehead atoms. The van der Waals surface area contributed by atoms with Crippen LogP contribution in [0.2, 0.25) is 0 Å². The molecule has 0 saturated carbocycles. The molecule has 0 N–H and O–H groups in total. The summed E-state index contributed by atoms with van der Waals surface area (Å²) in [4.78, 5) is 5.21. The lowest BCUT2D eigenvalue weighted by atomic mass is 10.0. The highest BCUT2D eigenvalue weighted by molar-refractivity contribution is 5.99. The predicted octanol–water partition coefficient (Wildman–Crippen LogP) is 5.13. The standard InChI is InChI=1S/C17H16F3NO/c1-11-4-5-12(2)16(10-11)13(3)21-22-15-8-6-14(7-9-15)17(18,19)20/h4-10H,1-3H3/b21-13+. The number of nitrogens with zero attached hydrogens (tertiary/aromatic N) is 1. The molecule has 5 heteroatoms. The normalized spacial score (nSPS) is 12.4. The molecule has 0 amide bonds. The number of halogens is 3. The molecule has 0 saturated heterocycles. The zero-order chi connectivity index (χ0) is 16.3. The second kappa shape index (κ2) is 6.22. The van der Waals surface area contributed by atoms with Crippen molar-refractivity contribution in [2.45, 2.75) is 26.9 Å². The van der Waals surface area contributed by atoms with Gasteiger partial charge in [0.15, 0.2) is 5.75 Å². The molecule has 0 heterocycles. The van der Waals surface area contributed by atoms with Crippen LogP contribution in [0.1, 0.15) is 29.2 Å². The zero-order valence-electron chi connectivity index (χ0n) is 12.5. The smallest absolute Gasteiger partial charge is 0.357 e. The molecule has 0 aliphatic heterocycles. The van der Waals surface area contributed by atoms with Crippen LogP contribution in [0, 0.1) is 13.8 Å². The maximum Gasteiger partial charge on any atom is 0.416 e. The summed E-state index contributed by atoms with van der Waals surface area (Å²) in [6, 6.07) is 10.4. The highest BCUT2D eigenvalue weighted by atomic mass is 19.4. The molecule has 0 spiro atoms. The summed E-state index contributed by atoms with van der Waals surface area (Å²) < 4.78 is 37.4. The first-order valence-electron chi connectivity index (χ1n) is 6.74. The molecule has 2 rings (SSSR count). The molecule has 0 atom stereocenters. The van der Waals surface area contributed by atoms with E-state index in [9.17, 15) is 13.2 Å². The maximum atomic E-state index is 12.5. The van der Waals surface area contributed by atoms with Gasteiger partial charge in [0, 0.05) is 5.56 Å². The van der Waals surface area contributed by atoms with Gasteiger partial charge in [-0.05, 0) is 56.7 Å². The highest BCUT2D eigenvalue weighted by Crippen LogP contribution is 2.30. The first kappa shape index (κ1) is 16.1. The monoisotopic (exact) mass is 307 g/mol. The Morgan fingerprint density at radius 2 is 1.64 bits per heavy atom. The number of benzene rings is 2. The molecule has 2 nitrogen and oxygen atoms in total. The summed E-state index contributed by atoms with van der Waals surface area (Å²) in [6.45, 7) is 5.74. The van der Waals surface area contributed by atoms with Crippen LogP contribution >= 0.6 is 0 Å². The topological polar surface area (TPSA) is 21.6 Å². The summed E-state index contributed by atoms with van der Waals surface area (Å²) in [5.74, 6) is 0.262. The van der Waals surface area contributed by atoms with Gasteiger partial charge >= 0.3 is 6.18 Å². The van der Waals surface area contributed by atoms with Crippen molar-refractivity contribution in [2.24, 2.45) is 5.16 Å². The zero-order valence-corrected chi connectivity index (χ0v) is 12.5. The van der Waals surface area contributed by atoms with Gasteiger partial charge in [-0.15, -0.1) is 0 Å². The molecule has 2 aromatic carbocycles. The fourth-order valence-electron chi connectivity index (χ4n) is 2.00. The Labute approximate surface area is 127 Å². The average Bonchev–Trinajstić information content (AvgIpc) is 2.47. The minimum absolute atomic E-state index is 0.262. The molecule has 2 aromatic rings. The van der Waals surface area contributed by atoms with E-state index in [1.807, 2.05) is 32.0 Å². The fraction of sp³-hybridized carbons (Fsp3) is 0.235. The third-order valence-corrected chi connectivity index (χ3v) is 3.25. The fourth-order valence-corrected chi connectivity index (χ4v) is 2.00. The van der Waals surface area contributed by atoms with Crippen molar-refractivity contribution in [3.05, 3.63) is 64.7 Å². The van der Waals surface area contributed by atoms with Gasteiger partial charge in [-0.3, -0.25) is 0 Å². The van der Waals surface area contributed by atoms with E-state index in [1.165, 1.54) is 12.1 Å². The number of alkyl halides is 3. The summed E-state index contributed by atoms with van der Waals surface area (Å²) in [5.41, 5.74) is 3.07. The van der Waals surface area contributed by atoms with Crippen LogP contribution in [0.5, 0.6) is 5.75 Å². The highest BCUT2D eigenvalue weighted by Gasteiger charge is 2.30. The van der Waals surface area contributed by atoms with Crippen LogP contribution in [-0.4, -0.2) is 5.71 Å². The summed E-state index contributed by atoms with van der Waals surface area (Å²) in [6.07, 6.45) is -4.35. The number of hydrogen-bond donors (Lipinski definition) is 0.